The summed E-state index contributed by atoms with van der Waals surface area (Å²) in [5.41, 5.74) is -0.278. The van der Waals surface area contributed by atoms with Crippen molar-refractivity contribution in [2.75, 3.05) is 0 Å². The van der Waals surface area contributed by atoms with E-state index >= 15 is 0 Å². The SMILES string of the molecule is O=C(O)c1nccc2ccn(F)c12. The largest absolute Gasteiger partial charge is 0.476 e. The summed E-state index contributed by atoms with van der Waals surface area (Å²) >= 11 is 0. The number of carboxylic acid groups (broad SMARTS) is 1. The lowest BCUT2D eigenvalue weighted by Crippen LogP contribution is -2.02. The van der Waals surface area contributed by atoms with Gasteiger partial charge in [-0.05, 0) is 12.1 Å². The van der Waals surface area contributed by atoms with E-state index in [-0.39, 0.29) is 16.0 Å². The van der Waals surface area contributed by atoms with Crippen molar-refractivity contribution >= 4 is 16.9 Å². The number of halogens is 1. The van der Waals surface area contributed by atoms with Crippen LogP contribution in [0.5, 0.6) is 0 Å². The summed E-state index contributed by atoms with van der Waals surface area (Å²) in [7, 11) is 0. The van der Waals surface area contributed by atoms with Crippen LogP contribution in [0, 0.1) is 0 Å². The van der Waals surface area contributed by atoms with E-state index in [2.05, 4.69) is 4.98 Å². The molecule has 0 aliphatic carbocycles. The highest BCUT2D eigenvalue weighted by atomic mass is 19.2. The summed E-state index contributed by atoms with van der Waals surface area (Å²) < 4.78 is 13.0. The van der Waals surface area contributed by atoms with Gasteiger partial charge in [0.15, 0.2) is 5.69 Å². The van der Waals surface area contributed by atoms with E-state index in [1.807, 2.05) is 0 Å². The predicted octanol–water partition coefficient (Wildman–Crippen LogP) is 1.47. The highest BCUT2D eigenvalue weighted by Crippen LogP contribution is 2.18. The van der Waals surface area contributed by atoms with Crippen LogP contribution in [0.15, 0.2) is 24.5 Å². The van der Waals surface area contributed by atoms with E-state index < -0.39 is 5.97 Å². The Kier molecular flexibility index (Phi) is 1.51. The number of carbonyl (C=O) groups is 1. The van der Waals surface area contributed by atoms with Crippen molar-refractivity contribution in [3.05, 3.63) is 30.2 Å². The van der Waals surface area contributed by atoms with Crippen LogP contribution in [-0.2, 0) is 0 Å². The number of pyridine rings is 1. The number of aromatic carboxylic acids is 1. The van der Waals surface area contributed by atoms with Gasteiger partial charge in [0.2, 0.25) is 0 Å². The second kappa shape index (κ2) is 2.55. The van der Waals surface area contributed by atoms with Crippen LogP contribution in [-0.4, -0.2) is 20.8 Å². The van der Waals surface area contributed by atoms with E-state index in [0.29, 0.717) is 5.39 Å². The number of carboxylic acids is 1. The summed E-state index contributed by atoms with van der Waals surface area (Å²) in [5.74, 6) is -1.23. The molecule has 0 bridgehead atoms. The highest BCUT2D eigenvalue weighted by molar-refractivity contribution is 6.00. The molecule has 0 saturated carbocycles. The molecule has 5 heteroatoms. The summed E-state index contributed by atoms with van der Waals surface area (Å²) in [4.78, 5) is 14.5. The van der Waals surface area contributed by atoms with Gasteiger partial charge in [-0.1, -0.05) is 4.48 Å². The zero-order valence-electron chi connectivity index (χ0n) is 6.44. The average molecular weight is 180 g/mol. The Morgan fingerprint density at radius 3 is 3.00 bits per heavy atom. The Morgan fingerprint density at radius 1 is 1.54 bits per heavy atom. The third-order valence-electron chi connectivity index (χ3n) is 1.76. The van der Waals surface area contributed by atoms with Gasteiger partial charge in [0.05, 0.1) is 0 Å². The maximum absolute atomic E-state index is 13.0. The van der Waals surface area contributed by atoms with E-state index in [1.165, 1.54) is 12.3 Å². The molecule has 0 radical (unpaired) electrons. The molecule has 0 aliphatic heterocycles. The molecular formula is C8H5FN2O2. The Bertz CT molecular complexity index is 478. The van der Waals surface area contributed by atoms with Gasteiger partial charge in [-0.2, -0.15) is 4.79 Å². The summed E-state index contributed by atoms with van der Waals surface area (Å²) in [5, 5.41) is 9.21. The molecule has 0 amide bonds. The van der Waals surface area contributed by atoms with Crippen molar-refractivity contribution in [2.24, 2.45) is 0 Å². The Hall–Kier alpha value is -1.91. The van der Waals surface area contributed by atoms with E-state index in [1.54, 1.807) is 6.07 Å². The van der Waals surface area contributed by atoms with Crippen LogP contribution in [0.4, 0.5) is 4.48 Å². The molecule has 0 atom stereocenters. The highest BCUT2D eigenvalue weighted by Gasteiger charge is 2.13. The lowest BCUT2D eigenvalue weighted by atomic mass is 10.2. The second-order valence-corrected chi connectivity index (χ2v) is 2.53. The Labute approximate surface area is 72.2 Å². The van der Waals surface area contributed by atoms with Gasteiger partial charge in [-0.25, -0.2) is 9.78 Å². The summed E-state index contributed by atoms with van der Waals surface area (Å²) in [6.07, 6.45) is 2.49. The van der Waals surface area contributed by atoms with Crippen molar-refractivity contribution < 1.29 is 14.4 Å². The molecule has 2 rings (SSSR count). The molecule has 2 aromatic rings. The van der Waals surface area contributed by atoms with Gasteiger partial charge in [0, 0.05) is 17.8 Å². The fourth-order valence-corrected chi connectivity index (χ4v) is 1.20. The zero-order valence-corrected chi connectivity index (χ0v) is 6.44. The fourth-order valence-electron chi connectivity index (χ4n) is 1.20. The molecule has 0 fully saturated rings. The molecule has 2 aromatic heterocycles. The molecule has 0 aromatic carbocycles. The van der Waals surface area contributed by atoms with E-state index in [0.717, 1.165) is 6.20 Å². The van der Waals surface area contributed by atoms with Crippen molar-refractivity contribution in [3.63, 3.8) is 0 Å². The van der Waals surface area contributed by atoms with Crippen LogP contribution in [0.2, 0.25) is 0 Å². The molecule has 4 nitrogen and oxygen atoms in total. The second-order valence-electron chi connectivity index (χ2n) is 2.53. The minimum atomic E-state index is -1.23. The third-order valence-corrected chi connectivity index (χ3v) is 1.76. The van der Waals surface area contributed by atoms with Crippen molar-refractivity contribution in [3.8, 4) is 0 Å². The number of hydrogen-bond acceptors (Lipinski definition) is 2. The van der Waals surface area contributed by atoms with Crippen LogP contribution in [0.25, 0.3) is 10.9 Å². The van der Waals surface area contributed by atoms with Crippen LogP contribution < -0.4 is 0 Å². The molecule has 13 heavy (non-hydrogen) atoms. The molecule has 0 unspecified atom stereocenters. The maximum atomic E-state index is 13.0. The monoisotopic (exact) mass is 180 g/mol. The van der Waals surface area contributed by atoms with Crippen molar-refractivity contribution in [1.29, 1.82) is 0 Å². The first kappa shape index (κ1) is 7.72. The first-order chi connectivity index (χ1) is 6.20. The molecule has 66 valence electrons. The van der Waals surface area contributed by atoms with Crippen LogP contribution in [0.3, 0.4) is 0 Å². The quantitative estimate of drug-likeness (QED) is 0.722. The lowest BCUT2D eigenvalue weighted by Gasteiger charge is -1.96. The average Bonchev–Trinajstić information content (AvgIpc) is 2.48. The number of rotatable bonds is 1. The van der Waals surface area contributed by atoms with Crippen molar-refractivity contribution in [1.82, 2.24) is 9.77 Å². The van der Waals surface area contributed by atoms with Gasteiger partial charge in [0.25, 0.3) is 0 Å². The Morgan fingerprint density at radius 2 is 2.31 bits per heavy atom. The smallest absolute Gasteiger partial charge is 0.356 e. The first-order valence-corrected chi connectivity index (χ1v) is 3.55. The number of aromatic nitrogens is 2. The minimum absolute atomic E-state index is 0.00463. The molecule has 1 N–H and O–H groups in total. The molecule has 2 heterocycles. The zero-order chi connectivity index (χ0) is 9.42. The summed E-state index contributed by atoms with van der Waals surface area (Å²) in [6.45, 7) is 0. The number of hydrogen-bond donors (Lipinski definition) is 1. The topological polar surface area (TPSA) is 55.1 Å². The lowest BCUT2D eigenvalue weighted by molar-refractivity contribution is 0.0691. The van der Waals surface area contributed by atoms with E-state index in [9.17, 15) is 9.28 Å². The Balaban J connectivity index is 2.88. The standard InChI is InChI=1S/C8H5FN2O2/c9-11-4-2-5-1-3-10-6(7(5)11)8(12)13/h1-4H,(H,12,13). The number of nitrogens with zero attached hydrogens (tertiary/aromatic N) is 2. The fraction of sp³-hybridized carbons (Fsp3) is 0. The van der Waals surface area contributed by atoms with Crippen molar-refractivity contribution in [2.45, 2.75) is 0 Å². The first-order valence-electron chi connectivity index (χ1n) is 3.55. The molecular weight excluding hydrogens is 175 g/mol. The minimum Gasteiger partial charge on any atom is -0.476 e. The normalized spacial score (nSPS) is 10.5. The van der Waals surface area contributed by atoms with Gasteiger partial charge < -0.3 is 5.11 Å². The molecule has 0 spiro atoms. The van der Waals surface area contributed by atoms with Crippen LogP contribution >= 0.6 is 0 Å². The van der Waals surface area contributed by atoms with Crippen LogP contribution in [0.1, 0.15) is 10.5 Å². The molecule has 0 aliphatic rings. The number of fused-ring (bicyclic) bond motifs is 1. The van der Waals surface area contributed by atoms with Gasteiger partial charge in [0.1, 0.15) is 5.52 Å². The maximum Gasteiger partial charge on any atom is 0.356 e. The van der Waals surface area contributed by atoms with Gasteiger partial charge in [-0.15, -0.1) is 0 Å². The summed E-state index contributed by atoms with van der Waals surface area (Å²) in [6, 6.07) is 3.04. The van der Waals surface area contributed by atoms with Gasteiger partial charge >= 0.3 is 5.97 Å². The molecule has 0 saturated heterocycles. The van der Waals surface area contributed by atoms with E-state index in [4.69, 9.17) is 5.11 Å². The third kappa shape index (κ3) is 1.05. The predicted molar refractivity (Wildman–Crippen MR) is 43.2 cm³/mol. The van der Waals surface area contributed by atoms with Gasteiger partial charge in [-0.3, -0.25) is 0 Å².